The van der Waals surface area contributed by atoms with Crippen LogP contribution in [0.15, 0.2) is 46.9 Å². The van der Waals surface area contributed by atoms with Gasteiger partial charge >= 0.3 is 5.97 Å². The Morgan fingerprint density at radius 2 is 2.06 bits per heavy atom. The summed E-state index contributed by atoms with van der Waals surface area (Å²) in [6.07, 6.45) is 3.11. The van der Waals surface area contributed by atoms with Crippen LogP contribution in [0.3, 0.4) is 0 Å². The van der Waals surface area contributed by atoms with Crippen molar-refractivity contribution in [2.75, 3.05) is 13.2 Å². The number of rotatable bonds is 6. The van der Waals surface area contributed by atoms with Crippen molar-refractivity contribution < 1.29 is 23.1 Å². The lowest BCUT2D eigenvalue weighted by Crippen LogP contribution is -2.45. The van der Waals surface area contributed by atoms with E-state index in [4.69, 9.17) is 9.15 Å². The minimum Gasteiger partial charge on any atom is -0.466 e. The van der Waals surface area contributed by atoms with Crippen molar-refractivity contribution in [2.24, 2.45) is 0 Å². The molecule has 3 aromatic rings. The predicted octanol–water partition coefficient (Wildman–Crippen LogP) is 4.51. The van der Waals surface area contributed by atoms with E-state index in [1.165, 1.54) is 6.07 Å². The summed E-state index contributed by atoms with van der Waals surface area (Å²) < 4.78 is 24.8. The maximum Gasteiger partial charge on any atom is 0.307 e. The average Bonchev–Trinajstić information content (AvgIpc) is 3.17. The van der Waals surface area contributed by atoms with Crippen LogP contribution in [0.5, 0.6) is 0 Å². The van der Waals surface area contributed by atoms with Crippen LogP contribution < -0.4 is 0 Å². The van der Waals surface area contributed by atoms with Crippen molar-refractivity contribution in [3.8, 4) is 0 Å². The standard InChI is InChI=1S/C24H25FN2O4/c1-2-30-23(28)15-18-8-5-6-12-27(18)24(29)17-10-11-20-21(13-17)31-22(26-20)14-16-7-3-4-9-19(16)25/h3-4,7,9-11,13,18H,2,5-6,8,12,14-15H2,1H3/t18-/m0/s1. The van der Waals surface area contributed by atoms with Gasteiger partial charge in [-0.1, -0.05) is 18.2 Å². The fourth-order valence-corrected chi connectivity index (χ4v) is 4.04. The minimum absolute atomic E-state index is 0.136. The second-order valence-corrected chi connectivity index (χ2v) is 7.72. The fourth-order valence-electron chi connectivity index (χ4n) is 4.04. The first-order valence-electron chi connectivity index (χ1n) is 10.6. The van der Waals surface area contributed by atoms with Gasteiger partial charge in [-0.2, -0.15) is 0 Å². The van der Waals surface area contributed by atoms with E-state index in [0.717, 1.165) is 19.3 Å². The largest absolute Gasteiger partial charge is 0.466 e. The lowest BCUT2D eigenvalue weighted by molar-refractivity contribution is -0.144. The number of carbonyl (C=O) groups excluding carboxylic acids is 2. The zero-order chi connectivity index (χ0) is 21.8. The Balaban J connectivity index is 1.53. The Hall–Kier alpha value is -3.22. The number of piperidine rings is 1. The third-order valence-electron chi connectivity index (χ3n) is 5.57. The third kappa shape index (κ3) is 4.76. The molecule has 0 bridgehead atoms. The molecular weight excluding hydrogens is 399 g/mol. The van der Waals surface area contributed by atoms with Gasteiger partial charge in [0, 0.05) is 18.2 Å². The number of nitrogens with zero attached hydrogens (tertiary/aromatic N) is 2. The molecule has 31 heavy (non-hydrogen) atoms. The van der Waals surface area contributed by atoms with E-state index in [1.54, 1.807) is 48.2 Å². The molecule has 1 aromatic heterocycles. The summed E-state index contributed by atoms with van der Waals surface area (Å²) in [6.45, 7) is 2.71. The van der Waals surface area contributed by atoms with Gasteiger partial charge in [-0.3, -0.25) is 9.59 Å². The molecule has 162 valence electrons. The molecule has 6 nitrogen and oxygen atoms in total. The Morgan fingerprint density at radius 3 is 2.87 bits per heavy atom. The van der Waals surface area contributed by atoms with Gasteiger partial charge in [0.1, 0.15) is 11.3 Å². The molecule has 1 aliphatic heterocycles. The molecule has 0 saturated carbocycles. The smallest absolute Gasteiger partial charge is 0.307 e. The Morgan fingerprint density at radius 1 is 1.23 bits per heavy atom. The highest BCUT2D eigenvalue weighted by Crippen LogP contribution is 2.25. The number of likely N-dealkylation sites (tertiary alicyclic amines) is 1. The van der Waals surface area contributed by atoms with Gasteiger partial charge in [0.2, 0.25) is 0 Å². The van der Waals surface area contributed by atoms with Crippen molar-refractivity contribution in [1.82, 2.24) is 9.88 Å². The molecule has 2 aromatic carbocycles. The van der Waals surface area contributed by atoms with E-state index in [2.05, 4.69) is 4.98 Å². The number of hydrogen-bond donors (Lipinski definition) is 0. The number of oxazole rings is 1. The van der Waals surface area contributed by atoms with E-state index in [9.17, 15) is 14.0 Å². The molecule has 7 heteroatoms. The van der Waals surface area contributed by atoms with Gasteiger partial charge in [-0.05, 0) is 56.0 Å². The molecule has 1 amide bonds. The Labute approximate surface area is 180 Å². The molecule has 0 aliphatic carbocycles. The summed E-state index contributed by atoms with van der Waals surface area (Å²) in [5.74, 6) is -0.333. The van der Waals surface area contributed by atoms with Crippen molar-refractivity contribution >= 4 is 23.0 Å². The number of carbonyl (C=O) groups is 2. The van der Waals surface area contributed by atoms with Crippen LogP contribution in [0.2, 0.25) is 0 Å². The number of ether oxygens (including phenoxy) is 1. The maximum atomic E-state index is 13.9. The van der Waals surface area contributed by atoms with Crippen LogP contribution in [-0.4, -0.2) is 41.0 Å². The third-order valence-corrected chi connectivity index (χ3v) is 5.57. The summed E-state index contributed by atoms with van der Waals surface area (Å²) in [6, 6.07) is 11.5. The van der Waals surface area contributed by atoms with Crippen LogP contribution in [-0.2, 0) is 16.0 Å². The highest BCUT2D eigenvalue weighted by molar-refractivity contribution is 5.97. The van der Waals surface area contributed by atoms with E-state index in [1.807, 2.05) is 0 Å². The summed E-state index contributed by atoms with van der Waals surface area (Å²) in [4.78, 5) is 31.3. The van der Waals surface area contributed by atoms with Crippen molar-refractivity contribution in [2.45, 2.75) is 45.1 Å². The number of hydrogen-bond acceptors (Lipinski definition) is 5. The molecular formula is C24H25FN2O4. The lowest BCUT2D eigenvalue weighted by atomic mass is 9.98. The maximum absolute atomic E-state index is 13.9. The van der Waals surface area contributed by atoms with Gasteiger partial charge < -0.3 is 14.1 Å². The van der Waals surface area contributed by atoms with Crippen LogP contribution in [0.1, 0.15) is 54.4 Å². The van der Waals surface area contributed by atoms with Gasteiger partial charge in [-0.25, -0.2) is 9.37 Å². The normalized spacial score (nSPS) is 16.5. The molecule has 1 saturated heterocycles. The molecule has 1 aliphatic rings. The summed E-state index contributed by atoms with van der Waals surface area (Å²) >= 11 is 0. The van der Waals surface area contributed by atoms with E-state index in [-0.39, 0.29) is 36.6 Å². The minimum atomic E-state index is -0.307. The second-order valence-electron chi connectivity index (χ2n) is 7.72. The van der Waals surface area contributed by atoms with Crippen molar-refractivity contribution in [3.05, 3.63) is 65.3 Å². The first kappa shape index (κ1) is 21.0. The van der Waals surface area contributed by atoms with E-state index in [0.29, 0.717) is 41.3 Å². The van der Waals surface area contributed by atoms with Gasteiger partial charge in [0.25, 0.3) is 5.91 Å². The molecule has 0 N–H and O–H groups in total. The highest BCUT2D eigenvalue weighted by atomic mass is 19.1. The summed E-state index contributed by atoms with van der Waals surface area (Å²) in [5.41, 5.74) is 2.08. The number of aromatic nitrogens is 1. The number of halogens is 1. The predicted molar refractivity (Wildman–Crippen MR) is 113 cm³/mol. The number of amides is 1. The Kier molecular flexibility index (Phi) is 6.30. The summed E-state index contributed by atoms with van der Waals surface area (Å²) in [7, 11) is 0. The number of esters is 1. The second kappa shape index (κ2) is 9.29. The van der Waals surface area contributed by atoms with Crippen LogP contribution in [0.4, 0.5) is 4.39 Å². The van der Waals surface area contributed by atoms with Crippen LogP contribution in [0.25, 0.3) is 11.1 Å². The van der Waals surface area contributed by atoms with Gasteiger partial charge in [0.15, 0.2) is 11.5 Å². The lowest BCUT2D eigenvalue weighted by Gasteiger charge is -2.35. The zero-order valence-electron chi connectivity index (χ0n) is 17.5. The average molecular weight is 424 g/mol. The fraction of sp³-hybridized carbons (Fsp3) is 0.375. The van der Waals surface area contributed by atoms with Gasteiger partial charge in [-0.15, -0.1) is 0 Å². The summed E-state index contributed by atoms with van der Waals surface area (Å²) in [5, 5.41) is 0. The number of benzene rings is 2. The molecule has 1 fully saturated rings. The molecule has 0 radical (unpaired) electrons. The molecule has 4 rings (SSSR count). The monoisotopic (exact) mass is 424 g/mol. The first-order valence-corrected chi connectivity index (χ1v) is 10.6. The first-order chi connectivity index (χ1) is 15.0. The Bertz CT molecular complexity index is 1090. The van der Waals surface area contributed by atoms with Crippen LogP contribution >= 0.6 is 0 Å². The number of fused-ring (bicyclic) bond motifs is 1. The SMILES string of the molecule is CCOC(=O)C[C@@H]1CCCCN1C(=O)c1ccc2nc(Cc3ccccc3F)oc2c1. The van der Waals surface area contributed by atoms with Crippen molar-refractivity contribution in [3.63, 3.8) is 0 Å². The highest BCUT2D eigenvalue weighted by Gasteiger charge is 2.30. The van der Waals surface area contributed by atoms with Gasteiger partial charge in [0.05, 0.1) is 19.4 Å². The molecule has 1 atom stereocenters. The van der Waals surface area contributed by atoms with Crippen LogP contribution in [0, 0.1) is 5.82 Å². The molecule has 0 unspecified atom stereocenters. The molecule has 2 heterocycles. The molecule has 0 spiro atoms. The van der Waals surface area contributed by atoms with E-state index < -0.39 is 0 Å². The quantitative estimate of drug-likeness (QED) is 0.545. The van der Waals surface area contributed by atoms with E-state index >= 15 is 0 Å². The zero-order valence-corrected chi connectivity index (χ0v) is 17.5. The topological polar surface area (TPSA) is 72.6 Å². The van der Waals surface area contributed by atoms with Crippen molar-refractivity contribution in [1.29, 1.82) is 0 Å².